The van der Waals surface area contributed by atoms with Crippen LogP contribution in [0.2, 0.25) is 10.0 Å². The van der Waals surface area contributed by atoms with Gasteiger partial charge in [-0.25, -0.2) is 0 Å². The molecule has 2 aromatic rings. The van der Waals surface area contributed by atoms with Crippen molar-refractivity contribution in [3.05, 3.63) is 52.5 Å². The molecule has 0 aromatic heterocycles. The van der Waals surface area contributed by atoms with Gasteiger partial charge in [-0.2, -0.15) is 0 Å². The van der Waals surface area contributed by atoms with Crippen LogP contribution in [-0.4, -0.2) is 48.6 Å². The smallest absolute Gasteiger partial charge is 0.238 e. The molecular formula is C18H19Cl2N3O2. The number of rotatable bonds is 4. The lowest BCUT2D eigenvalue weighted by Crippen LogP contribution is -2.48. The molecule has 1 saturated heterocycles. The molecule has 0 bridgehead atoms. The summed E-state index contributed by atoms with van der Waals surface area (Å²) in [5, 5.41) is 13.6. The minimum atomic E-state index is -0.147. The number of anilines is 2. The molecule has 1 heterocycles. The maximum Gasteiger partial charge on any atom is 0.238 e. The van der Waals surface area contributed by atoms with Gasteiger partial charge in [0, 0.05) is 26.2 Å². The van der Waals surface area contributed by atoms with Crippen molar-refractivity contribution in [3.63, 3.8) is 0 Å². The van der Waals surface area contributed by atoms with Crippen molar-refractivity contribution in [1.29, 1.82) is 0 Å². The molecule has 25 heavy (non-hydrogen) atoms. The quantitative estimate of drug-likeness (QED) is 0.853. The molecule has 0 saturated carbocycles. The molecule has 1 fully saturated rings. The molecule has 132 valence electrons. The Hall–Kier alpha value is -1.95. The van der Waals surface area contributed by atoms with Crippen LogP contribution in [-0.2, 0) is 4.79 Å². The number of nitrogens with one attached hydrogen (secondary N) is 1. The van der Waals surface area contributed by atoms with Crippen molar-refractivity contribution < 1.29 is 9.90 Å². The average Bonchev–Trinajstić information content (AvgIpc) is 2.60. The number of phenols is 1. The molecule has 1 amide bonds. The van der Waals surface area contributed by atoms with Crippen molar-refractivity contribution in [1.82, 2.24) is 4.90 Å². The second-order valence-electron chi connectivity index (χ2n) is 5.90. The predicted molar refractivity (Wildman–Crippen MR) is 102 cm³/mol. The Morgan fingerprint density at radius 3 is 2.28 bits per heavy atom. The van der Waals surface area contributed by atoms with Crippen LogP contribution < -0.4 is 10.2 Å². The lowest BCUT2D eigenvalue weighted by Gasteiger charge is -2.35. The van der Waals surface area contributed by atoms with Gasteiger partial charge in [0.15, 0.2) is 0 Å². The molecule has 2 aromatic carbocycles. The first-order valence-electron chi connectivity index (χ1n) is 8.04. The molecule has 0 radical (unpaired) electrons. The van der Waals surface area contributed by atoms with Gasteiger partial charge in [0.05, 0.1) is 28.0 Å². The number of amides is 1. The van der Waals surface area contributed by atoms with Gasteiger partial charge in [-0.05, 0) is 24.3 Å². The number of nitrogens with zero attached hydrogens (tertiary/aromatic N) is 2. The summed E-state index contributed by atoms with van der Waals surface area (Å²) in [6, 6.07) is 12.4. The van der Waals surface area contributed by atoms with Crippen molar-refractivity contribution in [2.45, 2.75) is 0 Å². The van der Waals surface area contributed by atoms with Gasteiger partial charge in [0.2, 0.25) is 5.91 Å². The summed E-state index contributed by atoms with van der Waals surface area (Å²) >= 11 is 12.1. The number of hydrogen-bond donors (Lipinski definition) is 2. The van der Waals surface area contributed by atoms with E-state index in [0.29, 0.717) is 15.7 Å². The summed E-state index contributed by atoms with van der Waals surface area (Å²) in [5.41, 5.74) is 1.28. The number of para-hydroxylation sites is 3. The zero-order valence-corrected chi connectivity index (χ0v) is 15.1. The minimum Gasteiger partial charge on any atom is -0.506 e. The summed E-state index contributed by atoms with van der Waals surface area (Å²) in [7, 11) is 0. The summed E-state index contributed by atoms with van der Waals surface area (Å²) in [6.45, 7) is 3.24. The lowest BCUT2D eigenvalue weighted by atomic mass is 10.2. The highest BCUT2D eigenvalue weighted by molar-refractivity contribution is 6.39. The van der Waals surface area contributed by atoms with Crippen molar-refractivity contribution in [2.24, 2.45) is 0 Å². The standard InChI is InChI=1S/C18H19Cl2N3O2/c19-13-4-3-5-14(20)18(13)21-17(25)12-22-8-10-23(11-9-22)15-6-1-2-7-16(15)24/h1-7,24H,8-12H2,(H,21,25). The number of carbonyl (C=O) groups is 1. The van der Waals surface area contributed by atoms with E-state index in [1.165, 1.54) is 0 Å². The number of benzene rings is 2. The zero-order valence-electron chi connectivity index (χ0n) is 13.6. The van der Waals surface area contributed by atoms with Crippen molar-refractivity contribution in [3.8, 4) is 5.75 Å². The van der Waals surface area contributed by atoms with Gasteiger partial charge in [-0.15, -0.1) is 0 Å². The van der Waals surface area contributed by atoms with Crippen LogP contribution in [0.5, 0.6) is 5.75 Å². The van der Waals surface area contributed by atoms with Crippen LogP contribution in [0.1, 0.15) is 0 Å². The zero-order chi connectivity index (χ0) is 17.8. The van der Waals surface area contributed by atoms with Crippen molar-refractivity contribution in [2.75, 3.05) is 42.9 Å². The fraction of sp³-hybridized carbons (Fsp3) is 0.278. The third-order valence-electron chi connectivity index (χ3n) is 4.19. The minimum absolute atomic E-state index is 0.147. The number of aromatic hydroxyl groups is 1. The highest BCUT2D eigenvalue weighted by Crippen LogP contribution is 2.30. The number of piperazine rings is 1. The SMILES string of the molecule is O=C(CN1CCN(c2ccccc2O)CC1)Nc1c(Cl)cccc1Cl. The maximum absolute atomic E-state index is 12.3. The lowest BCUT2D eigenvalue weighted by molar-refractivity contribution is -0.117. The second-order valence-corrected chi connectivity index (χ2v) is 6.71. The van der Waals surface area contributed by atoms with E-state index in [0.717, 1.165) is 31.9 Å². The summed E-state index contributed by atoms with van der Waals surface area (Å²) in [4.78, 5) is 16.5. The van der Waals surface area contributed by atoms with Crippen LogP contribution in [0.15, 0.2) is 42.5 Å². The van der Waals surface area contributed by atoms with Crippen LogP contribution in [0.25, 0.3) is 0 Å². The van der Waals surface area contributed by atoms with Gasteiger partial charge in [0.1, 0.15) is 5.75 Å². The fourth-order valence-electron chi connectivity index (χ4n) is 2.88. The Morgan fingerprint density at radius 1 is 1.00 bits per heavy atom. The first kappa shape index (κ1) is 17.9. The Morgan fingerprint density at radius 2 is 1.64 bits per heavy atom. The molecule has 5 nitrogen and oxygen atoms in total. The molecule has 0 aliphatic carbocycles. The van der Waals surface area contributed by atoms with Gasteiger partial charge < -0.3 is 15.3 Å². The van der Waals surface area contributed by atoms with E-state index < -0.39 is 0 Å². The van der Waals surface area contributed by atoms with E-state index in [4.69, 9.17) is 23.2 Å². The number of phenolic OH excluding ortho intramolecular Hbond substituents is 1. The fourth-order valence-corrected chi connectivity index (χ4v) is 3.37. The monoisotopic (exact) mass is 379 g/mol. The van der Waals surface area contributed by atoms with E-state index in [2.05, 4.69) is 15.1 Å². The van der Waals surface area contributed by atoms with E-state index in [1.54, 1.807) is 30.3 Å². The van der Waals surface area contributed by atoms with Gasteiger partial charge in [0.25, 0.3) is 0 Å². The van der Waals surface area contributed by atoms with E-state index in [9.17, 15) is 9.90 Å². The third-order valence-corrected chi connectivity index (χ3v) is 4.82. The summed E-state index contributed by atoms with van der Waals surface area (Å²) in [5.74, 6) is 0.132. The predicted octanol–water partition coefficient (Wildman–Crippen LogP) is 3.46. The Labute approximate surface area is 156 Å². The molecule has 1 aliphatic rings. The molecule has 0 spiro atoms. The van der Waals surface area contributed by atoms with Crippen LogP contribution >= 0.6 is 23.2 Å². The second kappa shape index (κ2) is 7.95. The molecule has 0 unspecified atom stereocenters. The number of carbonyl (C=O) groups excluding carboxylic acids is 1. The molecule has 7 heteroatoms. The third kappa shape index (κ3) is 4.37. The van der Waals surface area contributed by atoms with Crippen LogP contribution in [0, 0.1) is 0 Å². The summed E-state index contributed by atoms with van der Waals surface area (Å²) in [6.07, 6.45) is 0. The Bertz CT molecular complexity index is 741. The normalized spacial score (nSPS) is 15.2. The maximum atomic E-state index is 12.3. The van der Waals surface area contributed by atoms with Gasteiger partial charge in [-0.1, -0.05) is 41.4 Å². The summed E-state index contributed by atoms with van der Waals surface area (Å²) < 4.78 is 0. The van der Waals surface area contributed by atoms with Crippen LogP contribution in [0.4, 0.5) is 11.4 Å². The molecular weight excluding hydrogens is 361 g/mol. The molecule has 0 atom stereocenters. The Kier molecular flexibility index (Phi) is 5.68. The molecule has 1 aliphatic heterocycles. The largest absolute Gasteiger partial charge is 0.506 e. The van der Waals surface area contributed by atoms with Crippen LogP contribution in [0.3, 0.4) is 0 Å². The van der Waals surface area contributed by atoms with Gasteiger partial charge in [-0.3, -0.25) is 9.69 Å². The number of hydrogen-bond acceptors (Lipinski definition) is 4. The first-order chi connectivity index (χ1) is 12.0. The van der Waals surface area contributed by atoms with E-state index in [-0.39, 0.29) is 18.2 Å². The Balaban J connectivity index is 1.54. The molecule has 2 N–H and O–H groups in total. The van der Waals surface area contributed by atoms with Crippen molar-refractivity contribution >= 4 is 40.5 Å². The number of halogens is 2. The topological polar surface area (TPSA) is 55.8 Å². The molecule has 3 rings (SSSR count). The first-order valence-corrected chi connectivity index (χ1v) is 8.79. The van der Waals surface area contributed by atoms with E-state index >= 15 is 0 Å². The van der Waals surface area contributed by atoms with E-state index in [1.807, 2.05) is 12.1 Å². The van der Waals surface area contributed by atoms with Gasteiger partial charge >= 0.3 is 0 Å². The highest BCUT2D eigenvalue weighted by atomic mass is 35.5. The highest BCUT2D eigenvalue weighted by Gasteiger charge is 2.21. The average molecular weight is 380 g/mol.